The second-order valence-corrected chi connectivity index (χ2v) is 6.14. The number of benzene rings is 1. The van der Waals surface area contributed by atoms with Crippen molar-refractivity contribution < 1.29 is 19.0 Å². The van der Waals surface area contributed by atoms with Gasteiger partial charge in [0.1, 0.15) is 0 Å². The number of carbonyl (C=O) groups is 1. The van der Waals surface area contributed by atoms with Crippen LogP contribution in [-0.2, 0) is 11.2 Å². The molecule has 2 N–H and O–H groups in total. The van der Waals surface area contributed by atoms with Crippen LogP contribution in [0.2, 0.25) is 0 Å². The van der Waals surface area contributed by atoms with Crippen molar-refractivity contribution in [2.45, 2.75) is 20.3 Å². The first kappa shape index (κ1) is 21.4. The molecule has 0 saturated heterocycles. The standard InChI is InChI=1S/C19H24N4O4S/c1-5-27-17(24)14-11-21-18(22-12(14)2)23-19(28)20-9-8-13-6-7-15(25-3)16(10-13)26-4/h6-7,10-11H,5,8-9H2,1-4H3,(H2,20,21,22,23,28). The molecule has 150 valence electrons. The first-order chi connectivity index (χ1) is 13.5. The number of carbonyl (C=O) groups excluding carboxylic acids is 1. The van der Waals surface area contributed by atoms with Crippen LogP contribution in [-0.4, -0.2) is 48.4 Å². The van der Waals surface area contributed by atoms with Crippen LogP contribution in [0.15, 0.2) is 24.4 Å². The van der Waals surface area contributed by atoms with Gasteiger partial charge in [0.15, 0.2) is 16.6 Å². The molecule has 9 heteroatoms. The minimum absolute atomic E-state index is 0.298. The minimum atomic E-state index is -0.442. The maximum atomic E-state index is 11.8. The number of ether oxygens (including phenoxy) is 3. The third-order valence-corrected chi connectivity index (χ3v) is 4.09. The molecule has 2 rings (SSSR count). The molecule has 2 aromatic rings. The summed E-state index contributed by atoms with van der Waals surface area (Å²) >= 11 is 5.27. The normalized spacial score (nSPS) is 10.1. The predicted molar refractivity (Wildman–Crippen MR) is 110 cm³/mol. The largest absolute Gasteiger partial charge is 0.493 e. The smallest absolute Gasteiger partial charge is 0.341 e. The third-order valence-electron chi connectivity index (χ3n) is 3.85. The Kier molecular flexibility index (Phi) is 7.94. The fourth-order valence-corrected chi connectivity index (χ4v) is 2.63. The Labute approximate surface area is 169 Å². The zero-order chi connectivity index (χ0) is 20.5. The lowest BCUT2D eigenvalue weighted by Gasteiger charge is -2.12. The molecule has 0 bridgehead atoms. The molecule has 28 heavy (non-hydrogen) atoms. The van der Waals surface area contributed by atoms with Crippen LogP contribution in [0.5, 0.6) is 11.5 Å². The maximum absolute atomic E-state index is 11.8. The number of anilines is 1. The van der Waals surface area contributed by atoms with Gasteiger partial charge in [-0.25, -0.2) is 14.8 Å². The van der Waals surface area contributed by atoms with Crippen molar-refractivity contribution in [1.29, 1.82) is 0 Å². The van der Waals surface area contributed by atoms with E-state index >= 15 is 0 Å². The Hall–Kier alpha value is -2.94. The van der Waals surface area contributed by atoms with E-state index in [0.29, 0.717) is 47.0 Å². The second kappa shape index (κ2) is 10.4. The Bertz CT molecular complexity index is 845. The molecule has 1 aromatic carbocycles. The highest BCUT2D eigenvalue weighted by atomic mass is 32.1. The molecule has 0 unspecified atom stereocenters. The number of nitrogens with zero attached hydrogens (tertiary/aromatic N) is 2. The minimum Gasteiger partial charge on any atom is -0.493 e. The highest BCUT2D eigenvalue weighted by Crippen LogP contribution is 2.27. The van der Waals surface area contributed by atoms with Crippen molar-refractivity contribution in [1.82, 2.24) is 15.3 Å². The zero-order valence-corrected chi connectivity index (χ0v) is 17.2. The van der Waals surface area contributed by atoms with Gasteiger partial charge in [-0.2, -0.15) is 0 Å². The van der Waals surface area contributed by atoms with Gasteiger partial charge in [0, 0.05) is 12.7 Å². The molecule has 0 aliphatic rings. The number of hydrogen-bond acceptors (Lipinski definition) is 7. The maximum Gasteiger partial charge on any atom is 0.341 e. The van der Waals surface area contributed by atoms with Crippen LogP contribution in [0.3, 0.4) is 0 Å². The van der Waals surface area contributed by atoms with Crippen molar-refractivity contribution >= 4 is 29.2 Å². The van der Waals surface area contributed by atoms with Crippen LogP contribution < -0.4 is 20.1 Å². The Morgan fingerprint density at radius 3 is 2.61 bits per heavy atom. The molecule has 0 fully saturated rings. The van der Waals surface area contributed by atoms with Crippen molar-refractivity contribution in [2.75, 3.05) is 32.7 Å². The average molecular weight is 404 g/mol. The summed E-state index contributed by atoms with van der Waals surface area (Å²) in [5.74, 6) is 1.25. The van der Waals surface area contributed by atoms with Crippen LogP contribution in [0.25, 0.3) is 0 Å². The fraction of sp³-hybridized carbons (Fsp3) is 0.368. The summed E-state index contributed by atoms with van der Waals surface area (Å²) in [6, 6.07) is 5.77. The first-order valence-corrected chi connectivity index (χ1v) is 9.15. The zero-order valence-electron chi connectivity index (χ0n) is 16.4. The van der Waals surface area contributed by atoms with E-state index < -0.39 is 5.97 Å². The molecule has 0 atom stereocenters. The molecule has 0 radical (unpaired) electrons. The molecular formula is C19H24N4O4S. The van der Waals surface area contributed by atoms with Gasteiger partial charge in [-0.15, -0.1) is 0 Å². The Morgan fingerprint density at radius 1 is 1.21 bits per heavy atom. The third kappa shape index (κ3) is 5.78. The van der Waals surface area contributed by atoms with Gasteiger partial charge in [-0.1, -0.05) is 6.07 Å². The van der Waals surface area contributed by atoms with E-state index in [1.165, 1.54) is 6.20 Å². The highest BCUT2D eigenvalue weighted by Gasteiger charge is 2.13. The summed E-state index contributed by atoms with van der Waals surface area (Å²) < 4.78 is 15.5. The number of aryl methyl sites for hydroxylation is 1. The van der Waals surface area contributed by atoms with Gasteiger partial charge in [0.05, 0.1) is 32.1 Å². The van der Waals surface area contributed by atoms with Gasteiger partial charge in [0.2, 0.25) is 5.95 Å². The lowest BCUT2D eigenvalue weighted by atomic mass is 10.1. The van der Waals surface area contributed by atoms with E-state index in [2.05, 4.69) is 20.6 Å². The molecule has 0 amide bonds. The summed E-state index contributed by atoms with van der Waals surface area (Å²) in [5.41, 5.74) is 1.93. The fourth-order valence-electron chi connectivity index (χ4n) is 2.44. The van der Waals surface area contributed by atoms with Gasteiger partial charge < -0.3 is 24.8 Å². The second-order valence-electron chi connectivity index (χ2n) is 5.73. The quantitative estimate of drug-likeness (QED) is 0.508. The molecular weight excluding hydrogens is 380 g/mol. The number of thiocarbonyl (C=S) groups is 1. The monoisotopic (exact) mass is 404 g/mol. The topological polar surface area (TPSA) is 94.6 Å². The van der Waals surface area contributed by atoms with Crippen LogP contribution in [0, 0.1) is 6.92 Å². The van der Waals surface area contributed by atoms with Gasteiger partial charge in [-0.05, 0) is 50.2 Å². The number of esters is 1. The van der Waals surface area contributed by atoms with E-state index in [0.717, 1.165) is 12.0 Å². The molecule has 0 aliphatic heterocycles. The van der Waals surface area contributed by atoms with E-state index in [-0.39, 0.29) is 0 Å². The van der Waals surface area contributed by atoms with Gasteiger partial charge >= 0.3 is 5.97 Å². The van der Waals surface area contributed by atoms with E-state index in [1.807, 2.05) is 18.2 Å². The number of nitrogens with one attached hydrogen (secondary N) is 2. The predicted octanol–water partition coefficient (Wildman–Crippen LogP) is 2.51. The average Bonchev–Trinajstić information content (AvgIpc) is 2.68. The number of hydrogen-bond donors (Lipinski definition) is 2. The summed E-state index contributed by atoms with van der Waals surface area (Å²) in [5, 5.41) is 6.40. The molecule has 1 heterocycles. The summed E-state index contributed by atoms with van der Waals surface area (Å²) in [7, 11) is 3.21. The van der Waals surface area contributed by atoms with E-state index in [4.69, 9.17) is 26.4 Å². The highest BCUT2D eigenvalue weighted by molar-refractivity contribution is 7.80. The first-order valence-electron chi connectivity index (χ1n) is 8.75. The summed E-state index contributed by atoms with van der Waals surface area (Å²) in [4.78, 5) is 20.1. The van der Waals surface area contributed by atoms with Crippen molar-refractivity contribution in [2.24, 2.45) is 0 Å². The Balaban J connectivity index is 1.87. The van der Waals surface area contributed by atoms with Gasteiger partial charge in [0.25, 0.3) is 0 Å². The molecule has 0 spiro atoms. The molecule has 0 saturated carbocycles. The number of methoxy groups -OCH3 is 2. The van der Waals surface area contributed by atoms with Crippen molar-refractivity contribution in [3.8, 4) is 11.5 Å². The molecule has 8 nitrogen and oxygen atoms in total. The van der Waals surface area contributed by atoms with Gasteiger partial charge in [-0.3, -0.25) is 0 Å². The SMILES string of the molecule is CCOC(=O)c1cnc(NC(=S)NCCc2ccc(OC)c(OC)c2)nc1C. The number of aromatic nitrogens is 2. The van der Waals surface area contributed by atoms with Crippen molar-refractivity contribution in [3.63, 3.8) is 0 Å². The lowest BCUT2D eigenvalue weighted by Crippen LogP contribution is -2.31. The van der Waals surface area contributed by atoms with Crippen LogP contribution >= 0.6 is 12.2 Å². The molecule has 1 aromatic heterocycles. The Morgan fingerprint density at radius 2 is 1.96 bits per heavy atom. The van der Waals surface area contributed by atoms with Crippen LogP contribution in [0.4, 0.5) is 5.95 Å². The summed E-state index contributed by atoms with van der Waals surface area (Å²) in [6.07, 6.45) is 2.17. The van der Waals surface area contributed by atoms with E-state index in [1.54, 1.807) is 28.1 Å². The summed E-state index contributed by atoms with van der Waals surface area (Å²) in [6.45, 7) is 4.37. The van der Waals surface area contributed by atoms with Crippen molar-refractivity contribution in [3.05, 3.63) is 41.2 Å². The van der Waals surface area contributed by atoms with Crippen LogP contribution in [0.1, 0.15) is 28.5 Å². The lowest BCUT2D eigenvalue weighted by molar-refractivity contribution is 0.0524. The van der Waals surface area contributed by atoms with E-state index in [9.17, 15) is 4.79 Å². The number of rotatable bonds is 8. The molecule has 0 aliphatic carbocycles.